The van der Waals surface area contributed by atoms with Crippen molar-refractivity contribution < 1.29 is 0 Å². The van der Waals surface area contributed by atoms with E-state index in [1.165, 1.54) is 77.4 Å². The van der Waals surface area contributed by atoms with Crippen LogP contribution in [0.5, 0.6) is 0 Å². The lowest BCUT2D eigenvalue weighted by atomic mass is 9.67. The van der Waals surface area contributed by atoms with E-state index in [0.29, 0.717) is 5.41 Å². The maximum absolute atomic E-state index is 3.69. The lowest BCUT2D eigenvalue weighted by Crippen LogP contribution is -2.40. The minimum absolute atomic E-state index is 0.684. The molecule has 1 heterocycles. The van der Waals surface area contributed by atoms with Gasteiger partial charge in [0.2, 0.25) is 0 Å². The molecule has 1 aliphatic heterocycles. The minimum Gasteiger partial charge on any atom is -0.316 e. The highest BCUT2D eigenvalue weighted by Gasteiger charge is 2.34. The van der Waals surface area contributed by atoms with E-state index < -0.39 is 0 Å². The van der Waals surface area contributed by atoms with Crippen molar-refractivity contribution >= 4 is 0 Å². The number of piperidine rings is 1. The fraction of sp³-hybridized carbons (Fsp3) is 1.00. The molecule has 0 bridgehead atoms. The standard InChI is InChI=1S/C15H30N2/c1-2-15(9-6-10-15)13-16-11-5-8-14-7-3-4-12-17-14/h14,16-17H,2-13H2,1H3. The summed E-state index contributed by atoms with van der Waals surface area (Å²) in [4.78, 5) is 0. The average molecular weight is 238 g/mol. The molecular formula is C15H30N2. The van der Waals surface area contributed by atoms with Crippen molar-refractivity contribution in [1.29, 1.82) is 0 Å². The second-order valence-electron chi connectivity index (χ2n) is 6.17. The predicted octanol–water partition coefficient (Wildman–Crippen LogP) is 3.08. The van der Waals surface area contributed by atoms with E-state index in [1.54, 1.807) is 0 Å². The van der Waals surface area contributed by atoms with E-state index >= 15 is 0 Å². The summed E-state index contributed by atoms with van der Waals surface area (Å²) in [6.45, 7) is 6.09. The predicted molar refractivity (Wildman–Crippen MR) is 74.3 cm³/mol. The highest BCUT2D eigenvalue weighted by molar-refractivity contribution is 4.88. The van der Waals surface area contributed by atoms with Crippen molar-refractivity contribution in [2.75, 3.05) is 19.6 Å². The fourth-order valence-electron chi connectivity index (χ4n) is 3.33. The largest absolute Gasteiger partial charge is 0.316 e. The maximum Gasteiger partial charge on any atom is 0.00675 e. The Labute approximate surface area is 107 Å². The first-order chi connectivity index (χ1) is 8.35. The molecule has 0 aromatic carbocycles. The van der Waals surface area contributed by atoms with Crippen LogP contribution in [0.3, 0.4) is 0 Å². The SMILES string of the molecule is CCC1(CNCCCC2CCCCN2)CCC1. The minimum atomic E-state index is 0.684. The Bertz CT molecular complexity index is 199. The monoisotopic (exact) mass is 238 g/mol. The van der Waals surface area contributed by atoms with Crippen LogP contribution in [-0.2, 0) is 0 Å². The summed E-state index contributed by atoms with van der Waals surface area (Å²) in [5.74, 6) is 0. The Morgan fingerprint density at radius 2 is 2.12 bits per heavy atom. The van der Waals surface area contributed by atoms with Crippen LogP contribution in [0.4, 0.5) is 0 Å². The van der Waals surface area contributed by atoms with Crippen LogP contribution in [0.15, 0.2) is 0 Å². The van der Waals surface area contributed by atoms with E-state index in [0.717, 1.165) is 6.04 Å². The lowest BCUT2D eigenvalue weighted by molar-refractivity contribution is 0.124. The Morgan fingerprint density at radius 3 is 2.71 bits per heavy atom. The van der Waals surface area contributed by atoms with Gasteiger partial charge >= 0.3 is 0 Å². The van der Waals surface area contributed by atoms with Crippen LogP contribution in [0, 0.1) is 5.41 Å². The second kappa shape index (κ2) is 6.75. The summed E-state index contributed by atoms with van der Waals surface area (Å²) < 4.78 is 0. The number of rotatable bonds is 7. The van der Waals surface area contributed by atoms with Crippen LogP contribution >= 0.6 is 0 Å². The molecule has 2 heteroatoms. The van der Waals surface area contributed by atoms with Gasteiger partial charge in [-0.2, -0.15) is 0 Å². The molecule has 1 saturated carbocycles. The molecular weight excluding hydrogens is 208 g/mol. The van der Waals surface area contributed by atoms with Crippen LogP contribution in [-0.4, -0.2) is 25.7 Å². The van der Waals surface area contributed by atoms with Gasteiger partial charge in [-0.15, -0.1) is 0 Å². The van der Waals surface area contributed by atoms with Gasteiger partial charge in [-0.3, -0.25) is 0 Å². The smallest absolute Gasteiger partial charge is 0.00675 e. The first-order valence-electron chi connectivity index (χ1n) is 7.79. The molecule has 2 aliphatic rings. The number of nitrogens with one attached hydrogen (secondary N) is 2. The highest BCUT2D eigenvalue weighted by Crippen LogP contribution is 2.42. The topological polar surface area (TPSA) is 24.1 Å². The number of hydrogen-bond acceptors (Lipinski definition) is 2. The van der Waals surface area contributed by atoms with Crippen LogP contribution in [0.25, 0.3) is 0 Å². The van der Waals surface area contributed by atoms with Crippen molar-refractivity contribution in [3.63, 3.8) is 0 Å². The van der Waals surface area contributed by atoms with Crippen molar-refractivity contribution in [3.05, 3.63) is 0 Å². The average Bonchev–Trinajstić information content (AvgIpc) is 2.33. The second-order valence-corrected chi connectivity index (χ2v) is 6.17. The van der Waals surface area contributed by atoms with E-state index in [2.05, 4.69) is 17.6 Å². The molecule has 0 radical (unpaired) electrons. The molecule has 2 nitrogen and oxygen atoms in total. The molecule has 1 unspecified atom stereocenters. The van der Waals surface area contributed by atoms with Gasteiger partial charge in [0.15, 0.2) is 0 Å². The Kier molecular flexibility index (Phi) is 5.30. The Balaban J connectivity index is 1.48. The molecule has 2 N–H and O–H groups in total. The third-order valence-corrected chi connectivity index (χ3v) is 4.98. The normalized spacial score (nSPS) is 27.7. The zero-order chi connectivity index (χ0) is 12.0. The summed E-state index contributed by atoms with van der Waals surface area (Å²) in [6, 6.07) is 0.814. The first-order valence-corrected chi connectivity index (χ1v) is 7.79. The molecule has 0 spiro atoms. The zero-order valence-corrected chi connectivity index (χ0v) is 11.6. The molecule has 1 saturated heterocycles. The molecule has 2 rings (SSSR count). The number of hydrogen-bond donors (Lipinski definition) is 2. The van der Waals surface area contributed by atoms with Crippen molar-refractivity contribution in [2.24, 2.45) is 5.41 Å². The van der Waals surface area contributed by atoms with Gasteiger partial charge in [-0.05, 0) is 63.5 Å². The van der Waals surface area contributed by atoms with Gasteiger partial charge in [0.1, 0.15) is 0 Å². The van der Waals surface area contributed by atoms with Gasteiger partial charge in [0.05, 0.1) is 0 Å². The van der Waals surface area contributed by atoms with Gasteiger partial charge < -0.3 is 10.6 Å². The third-order valence-electron chi connectivity index (χ3n) is 4.98. The lowest BCUT2D eigenvalue weighted by Gasteiger charge is -2.41. The van der Waals surface area contributed by atoms with E-state index in [4.69, 9.17) is 0 Å². The third kappa shape index (κ3) is 3.96. The molecule has 0 aromatic rings. The van der Waals surface area contributed by atoms with Crippen LogP contribution in [0.1, 0.15) is 64.7 Å². The molecule has 1 aliphatic carbocycles. The van der Waals surface area contributed by atoms with Gasteiger partial charge in [0.25, 0.3) is 0 Å². The fourth-order valence-corrected chi connectivity index (χ4v) is 3.33. The van der Waals surface area contributed by atoms with Gasteiger partial charge in [-0.1, -0.05) is 19.8 Å². The van der Waals surface area contributed by atoms with E-state index in [-0.39, 0.29) is 0 Å². The summed E-state index contributed by atoms with van der Waals surface area (Å²) >= 11 is 0. The summed E-state index contributed by atoms with van der Waals surface area (Å²) in [7, 11) is 0. The van der Waals surface area contributed by atoms with E-state index in [9.17, 15) is 0 Å². The van der Waals surface area contributed by atoms with Crippen LogP contribution in [0.2, 0.25) is 0 Å². The van der Waals surface area contributed by atoms with Crippen LogP contribution < -0.4 is 10.6 Å². The van der Waals surface area contributed by atoms with Crippen molar-refractivity contribution in [3.8, 4) is 0 Å². The molecule has 2 fully saturated rings. The first kappa shape index (κ1) is 13.4. The Morgan fingerprint density at radius 1 is 1.24 bits per heavy atom. The maximum atomic E-state index is 3.69. The summed E-state index contributed by atoms with van der Waals surface area (Å²) in [6.07, 6.45) is 12.7. The highest BCUT2D eigenvalue weighted by atomic mass is 14.9. The van der Waals surface area contributed by atoms with Crippen molar-refractivity contribution in [1.82, 2.24) is 10.6 Å². The van der Waals surface area contributed by atoms with Gasteiger partial charge in [0, 0.05) is 12.6 Å². The zero-order valence-electron chi connectivity index (χ0n) is 11.6. The molecule has 0 aromatic heterocycles. The molecule has 0 amide bonds. The molecule has 1 atom stereocenters. The molecule has 17 heavy (non-hydrogen) atoms. The quantitative estimate of drug-likeness (QED) is 0.666. The summed E-state index contributed by atoms with van der Waals surface area (Å²) in [5, 5.41) is 7.32. The van der Waals surface area contributed by atoms with E-state index in [1.807, 2.05) is 0 Å². The summed E-state index contributed by atoms with van der Waals surface area (Å²) in [5.41, 5.74) is 0.684. The Hall–Kier alpha value is -0.0800. The van der Waals surface area contributed by atoms with Gasteiger partial charge in [-0.25, -0.2) is 0 Å². The van der Waals surface area contributed by atoms with Crippen molar-refractivity contribution in [2.45, 2.75) is 70.8 Å². The molecule has 100 valence electrons.